The molecule has 0 aromatic heterocycles. The van der Waals surface area contributed by atoms with Crippen molar-refractivity contribution in [3.8, 4) is 0 Å². The number of hydrogen-bond donors (Lipinski definition) is 2. The Balaban J connectivity index is 1.63. The summed E-state index contributed by atoms with van der Waals surface area (Å²) in [6.45, 7) is 0. The van der Waals surface area contributed by atoms with Crippen LogP contribution in [-0.4, -0.2) is 22.2 Å². The average molecular weight is 457 g/mol. The van der Waals surface area contributed by atoms with E-state index in [0.717, 1.165) is 33.2 Å². The third kappa shape index (κ3) is 3.33. The van der Waals surface area contributed by atoms with Gasteiger partial charge in [0.2, 0.25) is 0 Å². The molecule has 0 aliphatic heterocycles. The van der Waals surface area contributed by atoms with Gasteiger partial charge in [0, 0.05) is 16.8 Å². The molecule has 0 atom stereocenters. The highest BCUT2D eigenvalue weighted by Crippen LogP contribution is 2.43. The standard InChI is InChI=1S/C30H19NO4/c32-29(33)21-6-12-23(13-7-21)31(24-14-8-22(9-15-24)30(34)35)26-17-11-20-5-4-18-2-1-3-19-10-16-25(26)28(20)27(18)19/h1-17H,(H,32,33)(H,34,35). The predicted molar refractivity (Wildman–Crippen MR) is 139 cm³/mol. The maximum atomic E-state index is 11.4. The Labute approximate surface area is 200 Å². The van der Waals surface area contributed by atoms with E-state index in [2.05, 4.69) is 54.6 Å². The number of carbonyl (C=O) groups is 2. The molecule has 0 saturated carbocycles. The fourth-order valence-electron chi connectivity index (χ4n) is 4.85. The van der Waals surface area contributed by atoms with Gasteiger partial charge in [0.05, 0.1) is 16.8 Å². The van der Waals surface area contributed by atoms with Gasteiger partial charge in [0.15, 0.2) is 0 Å². The van der Waals surface area contributed by atoms with Crippen molar-refractivity contribution in [3.05, 3.63) is 114 Å². The smallest absolute Gasteiger partial charge is 0.335 e. The van der Waals surface area contributed by atoms with Crippen molar-refractivity contribution in [2.45, 2.75) is 0 Å². The molecule has 0 fully saturated rings. The fourth-order valence-corrected chi connectivity index (χ4v) is 4.85. The lowest BCUT2D eigenvalue weighted by Crippen LogP contribution is -2.11. The second kappa shape index (κ2) is 7.85. The quantitative estimate of drug-likeness (QED) is 0.263. The Morgan fingerprint density at radius 3 is 1.49 bits per heavy atom. The van der Waals surface area contributed by atoms with Crippen molar-refractivity contribution < 1.29 is 19.8 Å². The minimum Gasteiger partial charge on any atom is -0.478 e. The summed E-state index contributed by atoms with van der Waals surface area (Å²) < 4.78 is 0. The molecule has 6 rings (SSSR count). The van der Waals surface area contributed by atoms with Gasteiger partial charge in [-0.2, -0.15) is 0 Å². The first-order valence-corrected chi connectivity index (χ1v) is 11.1. The van der Waals surface area contributed by atoms with Crippen LogP contribution in [0.1, 0.15) is 20.7 Å². The number of carboxylic acid groups (broad SMARTS) is 2. The minimum absolute atomic E-state index is 0.199. The Bertz CT molecular complexity index is 1660. The number of nitrogens with zero attached hydrogens (tertiary/aromatic N) is 1. The molecule has 0 aliphatic rings. The molecule has 0 saturated heterocycles. The summed E-state index contributed by atoms with van der Waals surface area (Å²) in [6, 6.07) is 32.3. The summed E-state index contributed by atoms with van der Waals surface area (Å²) in [5.41, 5.74) is 2.86. The number of anilines is 3. The van der Waals surface area contributed by atoms with E-state index in [4.69, 9.17) is 0 Å². The van der Waals surface area contributed by atoms with E-state index < -0.39 is 11.9 Å². The number of carboxylic acids is 2. The monoisotopic (exact) mass is 457 g/mol. The minimum atomic E-state index is -0.989. The number of benzene rings is 6. The van der Waals surface area contributed by atoms with Crippen LogP contribution in [-0.2, 0) is 0 Å². The van der Waals surface area contributed by atoms with Gasteiger partial charge in [-0.15, -0.1) is 0 Å². The van der Waals surface area contributed by atoms with E-state index in [0.29, 0.717) is 0 Å². The van der Waals surface area contributed by atoms with Crippen LogP contribution in [0.4, 0.5) is 17.1 Å². The first-order valence-electron chi connectivity index (χ1n) is 11.1. The van der Waals surface area contributed by atoms with Crippen LogP contribution in [0.25, 0.3) is 32.3 Å². The molecule has 5 heteroatoms. The zero-order chi connectivity index (χ0) is 24.1. The normalized spacial score (nSPS) is 11.3. The van der Waals surface area contributed by atoms with Crippen molar-refractivity contribution >= 4 is 61.3 Å². The molecular formula is C30H19NO4. The summed E-state index contributed by atoms with van der Waals surface area (Å²) in [7, 11) is 0. The number of hydrogen-bond acceptors (Lipinski definition) is 3. The van der Waals surface area contributed by atoms with Crippen LogP contribution in [0.5, 0.6) is 0 Å². The molecule has 35 heavy (non-hydrogen) atoms. The van der Waals surface area contributed by atoms with Crippen molar-refractivity contribution in [2.75, 3.05) is 4.90 Å². The second-order valence-corrected chi connectivity index (χ2v) is 8.48. The summed E-state index contributed by atoms with van der Waals surface area (Å²) >= 11 is 0. The third-order valence-electron chi connectivity index (χ3n) is 6.49. The van der Waals surface area contributed by atoms with Crippen LogP contribution in [0.2, 0.25) is 0 Å². The van der Waals surface area contributed by atoms with Crippen molar-refractivity contribution in [1.29, 1.82) is 0 Å². The van der Waals surface area contributed by atoms with Gasteiger partial charge >= 0.3 is 11.9 Å². The molecular weight excluding hydrogens is 438 g/mol. The van der Waals surface area contributed by atoms with E-state index >= 15 is 0 Å². The highest BCUT2D eigenvalue weighted by molar-refractivity contribution is 6.25. The Hall–Kier alpha value is -4.90. The fraction of sp³-hybridized carbons (Fsp3) is 0. The Morgan fingerprint density at radius 1 is 0.514 bits per heavy atom. The number of rotatable bonds is 5. The molecule has 6 aromatic carbocycles. The molecule has 0 heterocycles. The van der Waals surface area contributed by atoms with Crippen LogP contribution in [0.3, 0.4) is 0 Å². The van der Waals surface area contributed by atoms with E-state index in [1.54, 1.807) is 48.5 Å². The average Bonchev–Trinajstić information content (AvgIpc) is 2.88. The maximum Gasteiger partial charge on any atom is 0.335 e. The summed E-state index contributed by atoms with van der Waals surface area (Å²) in [5.74, 6) is -1.98. The van der Waals surface area contributed by atoms with Crippen molar-refractivity contribution in [1.82, 2.24) is 0 Å². The first kappa shape index (κ1) is 20.7. The highest BCUT2D eigenvalue weighted by atomic mass is 16.4. The predicted octanol–water partition coefficient (Wildman–Crippen LogP) is 7.45. The van der Waals surface area contributed by atoms with Crippen LogP contribution < -0.4 is 4.90 Å². The molecule has 168 valence electrons. The van der Waals surface area contributed by atoms with Gasteiger partial charge < -0.3 is 15.1 Å². The molecule has 0 radical (unpaired) electrons. The van der Waals surface area contributed by atoms with Gasteiger partial charge in [-0.1, -0.05) is 48.5 Å². The van der Waals surface area contributed by atoms with Gasteiger partial charge in [-0.05, 0) is 81.5 Å². The summed E-state index contributed by atoms with van der Waals surface area (Å²) in [5, 5.41) is 25.6. The maximum absolute atomic E-state index is 11.4. The topological polar surface area (TPSA) is 77.8 Å². The highest BCUT2D eigenvalue weighted by Gasteiger charge is 2.19. The van der Waals surface area contributed by atoms with E-state index in [-0.39, 0.29) is 11.1 Å². The Morgan fingerprint density at radius 2 is 0.971 bits per heavy atom. The van der Waals surface area contributed by atoms with Gasteiger partial charge in [-0.3, -0.25) is 0 Å². The van der Waals surface area contributed by atoms with E-state index in [1.165, 1.54) is 16.2 Å². The summed E-state index contributed by atoms with van der Waals surface area (Å²) in [4.78, 5) is 24.9. The summed E-state index contributed by atoms with van der Waals surface area (Å²) in [6.07, 6.45) is 0. The molecule has 0 spiro atoms. The molecule has 5 nitrogen and oxygen atoms in total. The number of aromatic carboxylic acids is 2. The zero-order valence-corrected chi connectivity index (χ0v) is 18.5. The largest absolute Gasteiger partial charge is 0.478 e. The van der Waals surface area contributed by atoms with Gasteiger partial charge in [0.25, 0.3) is 0 Å². The molecule has 6 aromatic rings. The lowest BCUT2D eigenvalue weighted by Gasteiger charge is -2.28. The van der Waals surface area contributed by atoms with Crippen LogP contribution in [0, 0.1) is 0 Å². The third-order valence-corrected chi connectivity index (χ3v) is 6.49. The SMILES string of the molecule is O=C(O)c1ccc(N(c2ccc(C(=O)O)cc2)c2ccc3ccc4cccc5ccc2c3c45)cc1. The molecule has 0 amide bonds. The molecule has 0 unspecified atom stereocenters. The lowest BCUT2D eigenvalue weighted by molar-refractivity contribution is 0.0686. The van der Waals surface area contributed by atoms with E-state index in [1.807, 2.05) is 4.90 Å². The molecule has 0 aliphatic carbocycles. The first-order chi connectivity index (χ1) is 17.0. The van der Waals surface area contributed by atoms with Crippen LogP contribution >= 0.6 is 0 Å². The molecule has 0 bridgehead atoms. The van der Waals surface area contributed by atoms with Crippen LogP contribution in [0.15, 0.2) is 103 Å². The van der Waals surface area contributed by atoms with Crippen molar-refractivity contribution in [2.24, 2.45) is 0 Å². The lowest BCUT2D eigenvalue weighted by atomic mass is 9.93. The van der Waals surface area contributed by atoms with Crippen molar-refractivity contribution in [3.63, 3.8) is 0 Å². The Kier molecular flexibility index (Phi) is 4.64. The second-order valence-electron chi connectivity index (χ2n) is 8.48. The van der Waals surface area contributed by atoms with E-state index in [9.17, 15) is 19.8 Å². The van der Waals surface area contributed by atoms with Gasteiger partial charge in [0.1, 0.15) is 0 Å². The molecule has 2 N–H and O–H groups in total. The zero-order valence-electron chi connectivity index (χ0n) is 18.5. The van der Waals surface area contributed by atoms with Gasteiger partial charge in [-0.25, -0.2) is 9.59 Å².